The van der Waals surface area contributed by atoms with E-state index >= 15 is 0 Å². The first-order valence-corrected chi connectivity index (χ1v) is 8.75. The minimum atomic E-state index is -1.09. The van der Waals surface area contributed by atoms with Crippen molar-refractivity contribution in [2.45, 2.75) is 40.2 Å². The molecule has 150 valence electrons. The van der Waals surface area contributed by atoms with Crippen LogP contribution >= 0.6 is 0 Å². The number of carbonyl (C=O) groups excluding carboxylic acids is 1. The maximum Gasteiger partial charge on any atom is 0.223 e. The third kappa shape index (κ3) is 5.51. The zero-order valence-electron chi connectivity index (χ0n) is 16.1. The predicted octanol–water partition coefficient (Wildman–Crippen LogP) is 4.39. The van der Waals surface area contributed by atoms with E-state index < -0.39 is 23.1 Å². The molecule has 1 atom stereocenters. The van der Waals surface area contributed by atoms with E-state index in [0.29, 0.717) is 35.9 Å². The molecule has 0 spiro atoms. The number of anilines is 2. The summed E-state index contributed by atoms with van der Waals surface area (Å²) in [5.74, 6) is -2.77. The van der Waals surface area contributed by atoms with E-state index in [0.717, 1.165) is 6.29 Å². The summed E-state index contributed by atoms with van der Waals surface area (Å²) >= 11 is 0. The number of halogens is 3. The Labute approximate surface area is 161 Å². The molecule has 0 aliphatic heterocycles. The molecular weight excluding hydrogens is 371 g/mol. The topological polar surface area (TPSA) is 79.3 Å². The molecule has 0 amide bonds. The molecule has 2 N–H and O–H groups in total. The van der Waals surface area contributed by atoms with Crippen LogP contribution in [0.2, 0.25) is 0 Å². The Morgan fingerprint density at radius 1 is 1.21 bits per heavy atom. The van der Waals surface area contributed by atoms with Crippen molar-refractivity contribution in [3.8, 4) is 0 Å². The number of nitrogens with one attached hydrogen (secondary N) is 2. The number of hydrogen-bond donors (Lipinski definition) is 2. The van der Waals surface area contributed by atoms with Gasteiger partial charge in [0.1, 0.15) is 23.6 Å². The summed E-state index contributed by atoms with van der Waals surface area (Å²) in [4.78, 5) is 23.0. The number of aliphatic imine (C=N–C) groups is 1. The van der Waals surface area contributed by atoms with Gasteiger partial charge < -0.3 is 15.4 Å². The molecule has 6 nitrogen and oxygen atoms in total. The number of amidine groups is 1. The molecule has 2 aromatic rings. The number of aldehydes is 1. The lowest BCUT2D eigenvalue weighted by molar-refractivity contribution is -0.107. The third-order valence-electron chi connectivity index (χ3n) is 3.83. The first-order chi connectivity index (χ1) is 13.2. The van der Waals surface area contributed by atoms with Crippen LogP contribution in [0, 0.1) is 30.3 Å². The van der Waals surface area contributed by atoms with Crippen molar-refractivity contribution < 1.29 is 18.0 Å². The highest BCUT2D eigenvalue weighted by atomic mass is 19.1. The Kier molecular flexibility index (Phi) is 7.08. The summed E-state index contributed by atoms with van der Waals surface area (Å²) < 4.78 is 40.9. The first-order valence-electron chi connectivity index (χ1n) is 8.75. The number of aryl methyl sites for hydroxylation is 1. The standard InChI is InChI=1S/C19H22F3N5O/c1-10(2)18(27-17-14(21)7-13(20)8-15(17)22)26-16-9-23-19(25-12(16)4)24-11(3)5-6-28/h6-11H,5H2,1-4H3,(H,26,27)(H,23,24,25). The average molecular weight is 393 g/mol. The van der Waals surface area contributed by atoms with E-state index in [9.17, 15) is 18.0 Å². The second kappa shape index (κ2) is 9.29. The molecule has 0 aliphatic carbocycles. The van der Waals surface area contributed by atoms with Gasteiger partial charge in [-0.1, -0.05) is 13.8 Å². The van der Waals surface area contributed by atoms with Crippen molar-refractivity contribution in [1.29, 1.82) is 0 Å². The Balaban J connectivity index is 2.29. The van der Waals surface area contributed by atoms with E-state index in [2.05, 4.69) is 25.6 Å². The smallest absolute Gasteiger partial charge is 0.223 e. The van der Waals surface area contributed by atoms with E-state index in [1.165, 1.54) is 6.20 Å². The SMILES string of the molecule is Cc1nc(NC(C)CC=O)ncc1NC(=Nc1c(F)cc(F)cc1F)C(C)C. The fourth-order valence-corrected chi connectivity index (χ4v) is 2.28. The van der Waals surface area contributed by atoms with Crippen molar-refractivity contribution >= 4 is 29.4 Å². The lowest BCUT2D eigenvalue weighted by Crippen LogP contribution is -2.21. The highest BCUT2D eigenvalue weighted by molar-refractivity contribution is 5.98. The number of aromatic nitrogens is 2. The normalized spacial score (nSPS) is 12.8. The van der Waals surface area contributed by atoms with E-state index in [1.54, 1.807) is 20.8 Å². The van der Waals surface area contributed by atoms with Gasteiger partial charge in [-0.2, -0.15) is 0 Å². The highest BCUT2D eigenvalue weighted by Crippen LogP contribution is 2.25. The van der Waals surface area contributed by atoms with Crippen LogP contribution in [-0.4, -0.2) is 28.1 Å². The van der Waals surface area contributed by atoms with Crippen LogP contribution in [0.25, 0.3) is 0 Å². The van der Waals surface area contributed by atoms with E-state index in [4.69, 9.17) is 0 Å². The number of carbonyl (C=O) groups is 1. The van der Waals surface area contributed by atoms with Crippen molar-refractivity contribution in [3.05, 3.63) is 41.5 Å². The minimum Gasteiger partial charge on any atom is -0.351 e. The van der Waals surface area contributed by atoms with Gasteiger partial charge in [-0.3, -0.25) is 0 Å². The molecule has 0 aliphatic rings. The Morgan fingerprint density at radius 2 is 1.86 bits per heavy atom. The molecule has 0 saturated carbocycles. The zero-order valence-corrected chi connectivity index (χ0v) is 16.1. The summed E-state index contributed by atoms with van der Waals surface area (Å²) in [6.45, 7) is 7.14. The molecule has 1 aromatic carbocycles. The Morgan fingerprint density at radius 3 is 2.39 bits per heavy atom. The number of hydrogen-bond acceptors (Lipinski definition) is 5. The quantitative estimate of drug-likeness (QED) is 0.414. The summed E-state index contributed by atoms with van der Waals surface area (Å²) in [5.41, 5.74) is 0.505. The summed E-state index contributed by atoms with van der Waals surface area (Å²) in [5, 5.41) is 5.98. The van der Waals surface area contributed by atoms with Crippen LogP contribution < -0.4 is 10.6 Å². The van der Waals surface area contributed by atoms with Crippen LogP contribution in [0.1, 0.15) is 32.9 Å². The largest absolute Gasteiger partial charge is 0.351 e. The highest BCUT2D eigenvalue weighted by Gasteiger charge is 2.15. The van der Waals surface area contributed by atoms with Gasteiger partial charge in [-0.25, -0.2) is 28.1 Å². The van der Waals surface area contributed by atoms with E-state index in [1.807, 2.05) is 6.92 Å². The lowest BCUT2D eigenvalue weighted by atomic mass is 10.2. The molecule has 0 bridgehead atoms. The Bertz CT molecular complexity index is 863. The summed E-state index contributed by atoms with van der Waals surface area (Å²) in [7, 11) is 0. The molecule has 0 radical (unpaired) electrons. The fourth-order valence-electron chi connectivity index (χ4n) is 2.28. The van der Waals surface area contributed by atoms with Crippen LogP contribution in [0.5, 0.6) is 0 Å². The van der Waals surface area contributed by atoms with Crippen molar-refractivity contribution in [2.75, 3.05) is 10.6 Å². The molecule has 9 heteroatoms. The monoisotopic (exact) mass is 393 g/mol. The third-order valence-corrected chi connectivity index (χ3v) is 3.83. The maximum absolute atomic E-state index is 13.9. The molecule has 1 heterocycles. The zero-order chi connectivity index (χ0) is 20.8. The first kappa shape index (κ1) is 21.3. The van der Waals surface area contributed by atoms with Gasteiger partial charge in [0.15, 0.2) is 11.6 Å². The van der Waals surface area contributed by atoms with Crippen molar-refractivity contribution in [1.82, 2.24) is 9.97 Å². The molecule has 1 unspecified atom stereocenters. The summed E-state index contributed by atoms with van der Waals surface area (Å²) in [6, 6.07) is 1.04. The molecule has 1 aromatic heterocycles. The predicted molar refractivity (Wildman–Crippen MR) is 102 cm³/mol. The number of nitrogens with zero attached hydrogens (tertiary/aromatic N) is 3. The number of benzene rings is 1. The Hall–Kier alpha value is -2.97. The molecular formula is C19H22F3N5O. The van der Waals surface area contributed by atoms with Gasteiger partial charge in [-0.15, -0.1) is 0 Å². The van der Waals surface area contributed by atoms with Gasteiger partial charge in [-0.05, 0) is 13.8 Å². The second-order valence-electron chi connectivity index (χ2n) is 6.64. The van der Waals surface area contributed by atoms with Crippen LogP contribution in [0.3, 0.4) is 0 Å². The molecule has 28 heavy (non-hydrogen) atoms. The second-order valence-corrected chi connectivity index (χ2v) is 6.64. The van der Waals surface area contributed by atoms with Gasteiger partial charge in [0.05, 0.1) is 17.6 Å². The van der Waals surface area contributed by atoms with Crippen LogP contribution in [-0.2, 0) is 4.79 Å². The average Bonchev–Trinajstić information content (AvgIpc) is 2.58. The molecule has 2 rings (SSSR count). The molecule has 0 fully saturated rings. The van der Waals surface area contributed by atoms with Crippen molar-refractivity contribution in [2.24, 2.45) is 10.9 Å². The fraction of sp³-hybridized carbons (Fsp3) is 0.368. The van der Waals surface area contributed by atoms with Gasteiger partial charge >= 0.3 is 0 Å². The molecule has 0 saturated heterocycles. The van der Waals surface area contributed by atoms with Crippen LogP contribution in [0.15, 0.2) is 23.3 Å². The van der Waals surface area contributed by atoms with E-state index in [-0.39, 0.29) is 17.8 Å². The lowest BCUT2D eigenvalue weighted by Gasteiger charge is -2.16. The van der Waals surface area contributed by atoms with Gasteiger partial charge in [0.2, 0.25) is 5.95 Å². The number of rotatable bonds is 7. The van der Waals surface area contributed by atoms with Crippen molar-refractivity contribution in [3.63, 3.8) is 0 Å². The summed E-state index contributed by atoms with van der Waals surface area (Å²) in [6.07, 6.45) is 2.63. The van der Waals surface area contributed by atoms with Gasteiger partial charge in [0, 0.05) is 30.5 Å². The van der Waals surface area contributed by atoms with Crippen LogP contribution in [0.4, 0.5) is 30.5 Å². The maximum atomic E-state index is 13.9. The van der Waals surface area contributed by atoms with Gasteiger partial charge in [0.25, 0.3) is 0 Å². The minimum absolute atomic E-state index is 0.118.